The SMILES string of the molecule is Nc1c(NCc2cccnc2)ncnc1Nc1ccc(Br)cn1. The lowest BCUT2D eigenvalue weighted by molar-refractivity contribution is 1.07. The van der Waals surface area contributed by atoms with E-state index in [1.54, 1.807) is 18.6 Å². The Bertz CT molecular complexity index is 778. The molecular weight excluding hydrogens is 358 g/mol. The number of nitrogen functional groups attached to an aromatic ring is 1. The molecule has 0 bridgehead atoms. The first-order chi connectivity index (χ1) is 11.2. The molecule has 7 nitrogen and oxygen atoms in total. The van der Waals surface area contributed by atoms with Crippen LogP contribution in [0.3, 0.4) is 0 Å². The van der Waals surface area contributed by atoms with Crippen molar-refractivity contribution in [3.8, 4) is 0 Å². The molecule has 3 aromatic rings. The van der Waals surface area contributed by atoms with Crippen LogP contribution >= 0.6 is 15.9 Å². The second-order valence-electron chi connectivity index (χ2n) is 4.69. The van der Waals surface area contributed by atoms with E-state index in [9.17, 15) is 0 Å². The smallest absolute Gasteiger partial charge is 0.160 e. The zero-order valence-electron chi connectivity index (χ0n) is 12.1. The van der Waals surface area contributed by atoms with Gasteiger partial charge in [-0.15, -0.1) is 0 Å². The second-order valence-corrected chi connectivity index (χ2v) is 5.60. The molecule has 0 spiro atoms. The maximum atomic E-state index is 6.12. The van der Waals surface area contributed by atoms with E-state index in [0.717, 1.165) is 10.0 Å². The maximum absolute atomic E-state index is 6.12. The molecule has 0 saturated heterocycles. The molecule has 8 heteroatoms. The fraction of sp³-hybridized carbons (Fsp3) is 0.0667. The van der Waals surface area contributed by atoms with E-state index in [2.05, 4.69) is 46.5 Å². The highest BCUT2D eigenvalue weighted by Crippen LogP contribution is 2.25. The van der Waals surface area contributed by atoms with Crippen LogP contribution in [0, 0.1) is 0 Å². The van der Waals surface area contributed by atoms with E-state index in [1.165, 1.54) is 6.33 Å². The topological polar surface area (TPSA) is 102 Å². The van der Waals surface area contributed by atoms with Gasteiger partial charge in [0.15, 0.2) is 11.6 Å². The molecule has 116 valence electrons. The first-order valence-electron chi connectivity index (χ1n) is 6.84. The molecule has 0 fully saturated rings. The third-order valence-electron chi connectivity index (χ3n) is 3.04. The summed E-state index contributed by atoms with van der Waals surface area (Å²) in [5.41, 5.74) is 7.59. The minimum atomic E-state index is 0.432. The predicted molar refractivity (Wildman–Crippen MR) is 93.2 cm³/mol. The third kappa shape index (κ3) is 3.92. The van der Waals surface area contributed by atoms with Crippen LogP contribution in [-0.4, -0.2) is 19.9 Å². The molecule has 3 heterocycles. The standard InChI is InChI=1S/C15H14BrN7/c16-11-3-4-12(19-8-11)23-15-13(17)14(21-9-22-15)20-7-10-2-1-5-18-6-10/h1-6,8-9H,7,17H2,(H2,19,20,21,22,23). The molecule has 0 aliphatic carbocycles. The molecule has 23 heavy (non-hydrogen) atoms. The molecule has 0 radical (unpaired) electrons. The Hall–Kier alpha value is -2.74. The van der Waals surface area contributed by atoms with Crippen molar-refractivity contribution >= 4 is 39.1 Å². The molecule has 0 unspecified atom stereocenters. The van der Waals surface area contributed by atoms with E-state index < -0.39 is 0 Å². The Morgan fingerprint density at radius 2 is 1.91 bits per heavy atom. The van der Waals surface area contributed by atoms with Gasteiger partial charge in [-0.2, -0.15) is 0 Å². The number of hydrogen-bond donors (Lipinski definition) is 3. The van der Waals surface area contributed by atoms with Crippen LogP contribution in [0.2, 0.25) is 0 Å². The molecule has 0 saturated carbocycles. The number of pyridine rings is 2. The van der Waals surface area contributed by atoms with E-state index in [-0.39, 0.29) is 0 Å². The van der Waals surface area contributed by atoms with Crippen LogP contribution in [0.15, 0.2) is 53.7 Å². The predicted octanol–water partition coefficient (Wildman–Crippen LogP) is 2.97. The Balaban J connectivity index is 1.74. The summed E-state index contributed by atoms with van der Waals surface area (Å²) >= 11 is 3.34. The Morgan fingerprint density at radius 3 is 2.65 bits per heavy atom. The van der Waals surface area contributed by atoms with Crippen molar-refractivity contribution in [1.29, 1.82) is 0 Å². The number of nitrogens with zero attached hydrogens (tertiary/aromatic N) is 4. The van der Waals surface area contributed by atoms with Crippen molar-refractivity contribution in [3.63, 3.8) is 0 Å². The van der Waals surface area contributed by atoms with Crippen LogP contribution in [0.4, 0.5) is 23.1 Å². The number of halogens is 1. The van der Waals surface area contributed by atoms with Gasteiger partial charge in [-0.1, -0.05) is 6.07 Å². The number of nitrogens with two attached hydrogens (primary N) is 1. The third-order valence-corrected chi connectivity index (χ3v) is 3.51. The van der Waals surface area contributed by atoms with Crippen molar-refractivity contribution in [3.05, 3.63) is 59.2 Å². The quantitative estimate of drug-likeness (QED) is 0.633. The number of rotatable bonds is 5. The molecule has 4 N–H and O–H groups in total. The second kappa shape index (κ2) is 7.01. The lowest BCUT2D eigenvalue weighted by atomic mass is 10.3. The summed E-state index contributed by atoms with van der Waals surface area (Å²) in [4.78, 5) is 16.6. The highest BCUT2D eigenvalue weighted by atomic mass is 79.9. The average Bonchev–Trinajstić information content (AvgIpc) is 2.58. The van der Waals surface area contributed by atoms with Gasteiger partial charge in [-0.25, -0.2) is 15.0 Å². The van der Waals surface area contributed by atoms with E-state index in [0.29, 0.717) is 29.7 Å². The number of hydrogen-bond acceptors (Lipinski definition) is 7. The van der Waals surface area contributed by atoms with Crippen molar-refractivity contribution in [1.82, 2.24) is 19.9 Å². The largest absolute Gasteiger partial charge is 0.393 e. The van der Waals surface area contributed by atoms with Gasteiger partial charge in [0, 0.05) is 29.6 Å². The lowest BCUT2D eigenvalue weighted by Gasteiger charge is -2.12. The summed E-state index contributed by atoms with van der Waals surface area (Å²) in [6.07, 6.45) is 6.66. The van der Waals surface area contributed by atoms with Gasteiger partial charge >= 0.3 is 0 Å². The molecular formula is C15H14BrN7. The van der Waals surface area contributed by atoms with Crippen molar-refractivity contribution < 1.29 is 0 Å². The van der Waals surface area contributed by atoms with Crippen LogP contribution in [-0.2, 0) is 6.54 Å². The Morgan fingerprint density at radius 1 is 1.04 bits per heavy atom. The fourth-order valence-electron chi connectivity index (χ4n) is 1.90. The van der Waals surface area contributed by atoms with Crippen LogP contribution in [0.25, 0.3) is 0 Å². The maximum Gasteiger partial charge on any atom is 0.160 e. The minimum absolute atomic E-state index is 0.432. The van der Waals surface area contributed by atoms with Crippen molar-refractivity contribution in [2.45, 2.75) is 6.54 Å². The van der Waals surface area contributed by atoms with Gasteiger partial charge in [0.25, 0.3) is 0 Å². The van der Waals surface area contributed by atoms with Gasteiger partial charge < -0.3 is 16.4 Å². The summed E-state index contributed by atoms with van der Waals surface area (Å²) < 4.78 is 0.900. The zero-order chi connectivity index (χ0) is 16.1. The van der Waals surface area contributed by atoms with Gasteiger partial charge in [0.05, 0.1) is 0 Å². The number of anilines is 4. The number of nitrogens with one attached hydrogen (secondary N) is 2. The van der Waals surface area contributed by atoms with Gasteiger partial charge in [-0.3, -0.25) is 4.98 Å². The van der Waals surface area contributed by atoms with Crippen LogP contribution in [0.1, 0.15) is 5.56 Å². The van der Waals surface area contributed by atoms with Crippen molar-refractivity contribution in [2.24, 2.45) is 0 Å². The van der Waals surface area contributed by atoms with Crippen LogP contribution in [0.5, 0.6) is 0 Å². The van der Waals surface area contributed by atoms with E-state index in [4.69, 9.17) is 5.73 Å². The molecule has 0 aliphatic heterocycles. The average molecular weight is 372 g/mol. The molecule has 3 aromatic heterocycles. The fourth-order valence-corrected chi connectivity index (χ4v) is 2.13. The van der Waals surface area contributed by atoms with Gasteiger partial charge in [-0.05, 0) is 39.7 Å². The normalized spacial score (nSPS) is 10.3. The Kier molecular flexibility index (Phi) is 4.62. The summed E-state index contributed by atoms with van der Waals surface area (Å²) in [6.45, 7) is 0.574. The molecule has 0 amide bonds. The zero-order valence-corrected chi connectivity index (χ0v) is 13.7. The van der Waals surface area contributed by atoms with E-state index in [1.807, 2.05) is 24.3 Å². The summed E-state index contributed by atoms with van der Waals surface area (Å²) in [5, 5.41) is 6.26. The summed E-state index contributed by atoms with van der Waals surface area (Å²) in [6, 6.07) is 7.57. The van der Waals surface area contributed by atoms with Crippen molar-refractivity contribution in [2.75, 3.05) is 16.4 Å². The Labute approximate surface area is 141 Å². The highest BCUT2D eigenvalue weighted by molar-refractivity contribution is 9.10. The first-order valence-corrected chi connectivity index (χ1v) is 7.63. The van der Waals surface area contributed by atoms with Crippen LogP contribution < -0.4 is 16.4 Å². The first kappa shape index (κ1) is 15.2. The summed E-state index contributed by atoms with van der Waals surface area (Å²) in [7, 11) is 0. The summed E-state index contributed by atoms with van der Waals surface area (Å²) in [5.74, 6) is 1.71. The highest BCUT2D eigenvalue weighted by Gasteiger charge is 2.08. The monoisotopic (exact) mass is 371 g/mol. The lowest BCUT2D eigenvalue weighted by Crippen LogP contribution is -2.08. The molecule has 0 aromatic carbocycles. The molecule has 3 rings (SSSR count). The number of aromatic nitrogens is 4. The van der Waals surface area contributed by atoms with E-state index >= 15 is 0 Å². The molecule has 0 atom stereocenters. The van der Waals surface area contributed by atoms with Gasteiger partial charge in [0.1, 0.15) is 17.8 Å². The minimum Gasteiger partial charge on any atom is -0.393 e. The molecule has 0 aliphatic rings. The van der Waals surface area contributed by atoms with Gasteiger partial charge in [0.2, 0.25) is 0 Å².